The molecule has 0 spiro atoms. The molecule has 1 heterocycles. The SMILES string of the molecule is CC1(C)CCC(OCc2sccc2Br)CC1. The molecule has 1 nitrogen and oxygen atoms in total. The Labute approximate surface area is 110 Å². The largest absolute Gasteiger partial charge is 0.373 e. The van der Waals surface area contributed by atoms with E-state index in [0.717, 1.165) is 6.61 Å². The Bertz CT molecular complexity index is 335. The van der Waals surface area contributed by atoms with Gasteiger partial charge in [-0.05, 0) is 58.5 Å². The van der Waals surface area contributed by atoms with Crippen LogP contribution in [0.2, 0.25) is 0 Å². The van der Waals surface area contributed by atoms with Crippen molar-refractivity contribution in [1.29, 1.82) is 0 Å². The maximum absolute atomic E-state index is 5.98. The smallest absolute Gasteiger partial charge is 0.0824 e. The van der Waals surface area contributed by atoms with Gasteiger partial charge in [-0.25, -0.2) is 0 Å². The van der Waals surface area contributed by atoms with Crippen molar-refractivity contribution in [3.8, 4) is 0 Å². The van der Waals surface area contributed by atoms with Gasteiger partial charge in [-0.3, -0.25) is 0 Å². The predicted molar refractivity (Wildman–Crippen MR) is 72.8 cm³/mol. The first-order valence-electron chi connectivity index (χ1n) is 5.90. The third kappa shape index (κ3) is 3.31. The van der Waals surface area contributed by atoms with Crippen LogP contribution >= 0.6 is 27.3 Å². The number of hydrogen-bond donors (Lipinski definition) is 0. The zero-order valence-corrected chi connectivity index (χ0v) is 12.4. The fraction of sp³-hybridized carbons (Fsp3) is 0.692. The number of rotatable bonds is 3. The second kappa shape index (κ2) is 5.19. The van der Waals surface area contributed by atoms with Crippen LogP contribution in [-0.4, -0.2) is 6.10 Å². The zero-order valence-electron chi connectivity index (χ0n) is 9.96. The Balaban J connectivity index is 1.78. The van der Waals surface area contributed by atoms with E-state index in [0.29, 0.717) is 11.5 Å². The van der Waals surface area contributed by atoms with Crippen molar-refractivity contribution in [2.24, 2.45) is 5.41 Å². The van der Waals surface area contributed by atoms with Crippen molar-refractivity contribution in [3.63, 3.8) is 0 Å². The van der Waals surface area contributed by atoms with E-state index in [1.807, 2.05) is 0 Å². The van der Waals surface area contributed by atoms with Crippen molar-refractivity contribution in [2.45, 2.75) is 52.2 Å². The van der Waals surface area contributed by atoms with Gasteiger partial charge in [0, 0.05) is 9.35 Å². The highest BCUT2D eigenvalue weighted by Gasteiger charge is 2.27. The van der Waals surface area contributed by atoms with E-state index in [4.69, 9.17) is 4.74 Å². The Hall–Kier alpha value is 0.140. The molecule has 0 unspecified atom stereocenters. The minimum absolute atomic E-state index is 0.474. The minimum atomic E-state index is 0.474. The molecule has 3 heteroatoms. The van der Waals surface area contributed by atoms with Gasteiger partial charge in [0.05, 0.1) is 12.7 Å². The van der Waals surface area contributed by atoms with Gasteiger partial charge in [0.25, 0.3) is 0 Å². The highest BCUT2D eigenvalue weighted by Crippen LogP contribution is 2.36. The second-order valence-corrected chi connectivity index (χ2v) is 7.22. The van der Waals surface area contributed by atoms with E-state index in [1.54, 1.807) is 11.3 Å². The maximum Gasteiger partial charge on any atom is 0.0824 e. The van der Waals surface area contributed by atoms with Crippen LogP contribution in [-0.2, 0) is 11.3 Å². The van der Waals surface area contributed by atoms with E-state index in [1.165, 1.54) is 35.0 Å². The molecule has 1 fully saturated rings. The van der Waals surface area contributed by atoms with Crippen LogP contribution in [0.3, 0.4) is 0 Å². The van der Waals surface area contributed by atoms with Crippen molar-refractivity contribution < 1.29 is 4.74 Å². The Kier molecular flexibility index (Phi) is 4.09. The van der Waals surface area contributed by atoms with Crippen molar-refractivity contribution >= 4 is 27.3 Å². The van der Waals surface area contributed by atoms with E-state index in [-0.39, 0.29) is 0 Å². The van der Waals surface area contributed by atoms with Crippen LogP contribution in [0.4, 0.5) is 0 Å². The summed E-state index contributed by atoms with van der Waals surface area (Å²) in [7, 11) is 0. The third-order valence-electron chi connectivity index (χ3n) is 3.43. The number of halogens is 1. The third-order valence-corrected chi connectivity index (χ3v) is 5.33. The molecule has 16 heavy (non-hydrogen) atoms. The Morgan fingerprint density at radius 1 is 1.44 bits per heavy atom. The molecular weight excluding hydrogens is 284 g/mol. The van der Waals surface area contributed by atoms with E-state index in [9.17, 15) is 0 Å². The molecule has 0 N–H and O–H groups in total. The number of ether oxygens (including phenoxy) is 1. The van der Waals surface area contributed by atoms with Crippen LogP contribution in [0.5, 0.6) is 0 Å². The van der Waals surface area contributed by atoms with E-state index in [2.05, 4.69) is 41.2 Å². The van der Waals surface area contributed by atoms with Crippen LogP contribution in [0.1, 0.15) is 44.4 Å². The first-order valence-corrected chi connectivity index (χ1v) is 7.58. The van der Waals surface area contributed by atoms with Gasteiger partial charge in [0.2, 0.25) is 0 Å². The standard InChI is InChI=1S/C13H19BrOS/c1-13(2)6-3-10(4-7-13)15-9-12-11(14)5-8-16-12/h5,8,10H,3-4,6-7,9H2,1-2H3. The maximum atomic E-state index is 5.98. The molecule has 0 aliphatic heterocycles. The van der Waals surface area contributed by atoms with E-state index < -0.39 is 0 Å². The van der Waals surface area contributed by atoms with Gasteiger partial charge in [-0.1, -0.05) is 13.8 Å². The van der Waals surface area contributed by atoms with Crippen molar-refractivity contribution in [1.82, 2.24) is 0 Å². The number of hydrogen-bond acceptors (Lipinski definition) is 2. The fourth-order valence-corrected chi connectivity index (χ4v) is 3.55. The lowest BCUT2D eigenvalue weighted by molar-refractivity contribution is -0.00467. The average molecular weight is 303 g/mol. The minimum Gasteiger partial charge on any atom is -0.373 e. The van der Waals surface area contributed by atoms with Gasteiger partial charge in [-0.2, -0.15) is 0 Å². The predicted octanol–water partition coefficient (Wildman–Crippen LogP) is 5.00. The summed E-state index contributed by atoms with van der Waals surface area (Å²) < 4.78 is 7.17. The van der Waals surface area contributed by atoms with Gasteiger partial charge >= 0.3 is 0 Å². The van der Waals surface area contributed by atoms with Crippen molar-refractivity contribution in [3.05, 3.63) is 20.8 Å². The van der Waals surface area contributed by atoms with Crippen LogP contribution in [0, 0.1) is 5.41 Å². The van der Waals surface area contributed by atoms with Crippen LogP contribution in [0.25, 0.3) is 0 Å². The lowest BCUT2D eigenvalue weighted by Crippen LogP contribution is -2.26. The molecule has 2 rings (SSSR count). The Morgan fingerprint density at radius 3 is 2.69 bits per heavy atom. The summed E-state index contributed by atoms with van der Waals surface area (Å²) in [5, 5.41) is 2.10. The van der Waals surface area contributed by atoms with E-state index >= 15 is 0 Å². The highest BCUT2D eigenvalue weighted by molar-refractivity contribution is 9.10. The monoisotopic (exact) mass is 302 g/mol. The van der Waals surface area contributed by atoms with Crippen LogP contribution < -0.4 is 0 Å². The molecule has 90 valence electrons. The zero-order chi connectivity index (χ0) is 11.6. The second-order valence-electron chi connectivity index (χ2n) is 5.37. The highest BCUT2D eigenvalue weighted by atomic mass is 79.9. The lowest BCUT2D eigenvalue weighted by Gasteiger charge is -2.34. The molecule has 1 saturated carbocycles. The summed E-state index contributed by atoms with van der Waals surface area (Å²) in [4.78, 5) is 1.31. The molecule has 0 aromatic carbocycles. The molecular formula is C13H19BrOS. The molecule has 0 atom stereocenters. The topological polar surface area (TPSA) is 9.23 Å². The summed E-state index contributed by atoms with van der Waals surface area (Å²) in [6, 6.07) is 2.09. The van der Waals surface area contributed by atoms with Gasteiger partial charge in [0.15, 0.2) is 0 Å². The quantitative estimate of drug-likeness (QED) is 0.764. The van der Waals surface area contributed by atoms with Gasteiger partial charge in [-0.15, -0.1) is 11.3 Å². The Morgan fingerprint density at radius 2 is 2.12 bits per heavy atom. The normalized spacial score (nSPS) is 21.2. The molecule has 0 amide bonds. The molecule has 1 aromatic heterocycles. The summed E-state index contributed by atoms with van der Waals surface area (Å²) >= 11 is 5.31. The molecule has 1 aromatic rings. The van der Waals surface area contributed by atoms with Crippen molar-refractivity contribution in [2.75, 3.05) is 0 Å². The van der Waals surface area contributed by atoms with Crippen LogP contribution in [0.15, 0.2) is 15.9 Å². The van der Waals surface area contributed by atoms with Gasteiger partial charge in [0.1, 0.15) is 0 Å². The summed E-state index contributed by atoms with van der Waals surface area (Å²) in [6.45, 7) is 5.49. The van der Waals surface area contributed by atoms with Gasteiger partial charge < -0.3 is 4.74 Å². The molecule has 1 aliphatic carbocycles. The summed E-state index contributed by atoms with van der Waals surface area (Å²) in [5.74, 6) is 0. The average Bonchev–Trinajstić information content (AvgIpc) is 2.63. The fourth-order valence-electron chi connectivity index (χ4n) is 2.16. The molecule has 0 saturated heterocycles. The number of thiophene rings is 1. The summed E-state index contributed by atoms with van der Waals surface area (Å²) in [6.07, 6.45) is 5.50. The summed E-state index contributed by atoms with van der Waals surface area (Å²) in [5.41, 5.74) is 0.531. The lowest BCUT2D eigenvalue weighted by atomic mass is 9.76. The molecule has 0 radical (unpaired) electrons. The first-order chi connectivity index (χ1) is 7.57. The molecule has 1 aliphatic rings. The first kappa shape index (κ1) is 12.6. The molecule has 0 bridgehead atoms.